The average molecular weight is 269 g/mol. The Morgan fingerprint density at radius 2 is 2.16 bits per heavy atom. The average Bonchev–Trinajstić information content (AvgIpc) is 2.33. The van der Waals surface area contributed by atoms with Crippen molar-refractivity contribution in [2.24, 2.45) is 5.41 Å². The molecule has 0 radical (unpaired) electrons. The first-order valence-corrected chi connectivity index (χ1v) is 6.12. The molecule has 106 valence electrons. The highest BCUT2D eigenvalue weighted by Gasteiger charge is 2.20. The van der Waals surface area contributed by atoms with Gasteiger partial charge < -0.3 is 15.2 Å². The zero-order valence-corrected chi connectivity index (χ0v) is 11.5. The van der Waals surface area contributed by atoms with Crippen LogP contribution in [0, 0.1) is 11.2 Å². The van der Waals surface area contributed by atoms with Gasteiger partial charge in [0.05, 0.1) is 5.69 Å². The van der Waals surface area contributed by atoms with Gasteiger partial charge in [-0.25, -0.2) is 9.18 Å². The van der Waals surface area contributed by atoms with E-state index in [0.717, 1.165) is 12.5 Å². The minimum Gasteiger partial charge on any atom is -0.478 e. The van der Waals surface area contributed by atoms with Gasteiger partial charge in [0.25, 0.3) is 0 Å². The Kier molecular flexibility index (Phi) is 5.30. The van der Waals surface area contributed by atoms with Crippen LogP contribution in [0.15, 0.2) is 18.2 Å². The summed E-state index contributed by atoms with van der Waals surface area (Å²) in [6.45, 7) is 5.25. The van der Waals surface area contributed by atoms with Gasteiger partial charge in [0, 0.05) is 20.3 Å². The summed E-state index contributed by atoms with van der Waals surface area (Å²) >= 11 is 0. The van der Waals surface area contributed by atoms with Crippen LogP contribution in [-0.2, 0) is 4.74 Å². The summed E-state index contributed by atoms with van der Waals surface area (Å²) in [6, 6.07) is 4.20. The quantitative estimate of drug-likeness (QED) is 0.799. The molecule has 1 aromatic rings. The van der Waals surface area contributed by atoms with Crippen molar-refractivity contribution >= 4 is 11.7 Å². The molecule has 0 aliphatic carbocycles. The van der Waals surface area contributed by atoms with Crippen LogP contribution in [0.25, 0.3) is 0 Å². The van der Waals surface area contributed by atoms with E-state index in [2.05, 4.69) is 5.32 Å². The van der Waals surface area contributed by atoms with Crippen LogP contribution in [0.4, 0.5) is 10.1 Å². The predicted octanol–water partition coefficient (Wildman–Crippen LogP) is 3.00. The van der Waals surface area contributed by atoms with E-state index >= 15 is 0 Å². The lowest BCUT2D eigenvalue weighted by Crippen LogP contribution is -2.25. The number of hydrogen-bond donors (Lipinski definition) is 2. The summed E-state index contributed by atoms with van der Waals surface area (Å²) in [4.78, 5) is 11.0. The van der Waals surface area contributed by atoms with E-state index in [1.807, 2.05) is 13.8 Å². The SMILES string of the molecule is COCCC(C)(C)CNc1cccc(F)c1C(=O)O. The molecule has 0 saturated carbocycles. The standard InChI is InChI=1S/C14H20FNO3/c1-14(2,7-8-19-3)9-16-11-6-4-5-10(15)12(11)13(17)18/h4-6,16H,7-9H2,1-3H3,(H,17,18). The lowest BCUT2D eigenvalue weighted by Gasteiger charge is -2.25. The fourth-order valence-corrected chi connectivity index (χ4v) is 1.69. The van der Waals surface area contributed by atoms with E-state index in [4.69, 9.17) is 9.84 Å². The number of aromatic carboxylic acids is 1. The second kappa shape index (κ2) is 6.52. The molecule has 1 rings (SSSR count). The van der Waals surface area contributed by atoms with Crippen LogP contribution >= 0.6 is 0 Å². The number of anilines is 1. The summed E-state index contributed by atoms with van der Waals surface area (Å²) in [5, 5.41) is 12.0. The van der Waals surface area contributed by atoms with Crippen molar-refractivity contribution in [1.29, 1.82) is 0 Å². The van der Waals surface area contributed by atoms with E-state index in [-0.39, 0.29) is 11.0 Å². The maximum Gasteiger partial charge on any atom is 0.340 e. The van der Waals surface area contributed by atoms with Crippen molar-refractivity contribution in [2.75, 3.05) is 25.6 Å². The highest BCUT2D eigenvalue weighted by atomic mass is 19.1. The minimum absolute atomic E-state index is 0.0713. The third-order valence-corrected chi connectivity index (χ3v) is 2.97. The van der Waals surface area contributed by atoms with Crippen molar-refractivity contribution in [2.45, 2.75) is 20.3 Å². The summed E-state index contributed by atoms with van der Waals surface area (Å²) in [5.41, 5.74) is -0.0824. The van der Waals surface area contributed by atoms with Gasteiger partial charge in [0.15, 0.2) is 0 Å². The molecular weight excluding hydrogens is 249 g/mol. The molecule has 0 bridgehead atoms. The number of benzene rings is 1. The van der Waals surface area contributed by atoms with Gasteiger partial charge in [-0.3, -0.25) is 0 Å². The van der Waals surface area contributed by atoms with Gasteiger partial charge in [-0.1, -0.05) is 19.9 Å². The Labute approximate surface area is 112 Å². The maximum atomic E-state index is 13.5. The van der Waals surface area contributed by atoms with Crippen molar-refractivity contribution in [3.8, 4) is 0 Å². The highest BCUT2D eigenvalue weighted by Crippen LogP contribution is 2.24. The van der Waals surface area contributed by atoms with Crippen LogP contribution in [0.3, 0.4) is 0 Å². The van der Waals surface area contributed by atoms with Gasteiger partial charge in [-0.05, 0) is 24.0 Å². The van der Waals surface area contributed by atoms with Crippen LogP contribution in [0.5, 0.6) is 0 Å². The van der Waals surface area contributed by atoms with Crippen molar-refractivity contribution in [3.05, 3.63) is 29.6 Å². The first kappa shape index (κ1) is 15.4. The van der Waals surface area contributed by atoms with E-state index in [1.54, 1.807) is 13.2 Å². The molecule has 0 unspecified atom stereocenters. The lowest BCUT2D eigenvalue weighted by atomic mass is 9.89. The molecule has 0 amide bonds. The van der Waals surface area contributed by atoms with Crippen LogP contribution in [-0.4, -0.2) is 31.3 Å². The summed E-state index contributed by atoms with van der Waals surface area (Å²) in [7, 11) is 1.64. The number of rotatable bonds is 7. The first-order valence-electron chi connectivity index (χ1n) is 6.12. The largest absolute Gasteiger partial charge is 0.478 e. The number of hydrogen-bond acceptors (Lipinski definition) is 3. The predicted molar refractivity (Wildman–Crippen MR) is 72.1 cm³/mol. The molecule has 2 N–H and O–H groups in total. The smallest absolute Gasteiger partial charge is 0.340 e. The van der Waals surface area contributed by atoms with Crippen molar-refractivity contribution in [1.82, 2.24) is 0 Å². The van der Waals surface area contributed by atoms with Crippen LogP contribution < -0.4 is 5.32 Å². The summed E-state index contributed by atoms with van der Waals surface area (Å²) in [6.07, 6.45) is 0.828. The number of methoxy groups -OCH3 is 1. The lowest BCUT2D eigenvalue weighted by molar-refractivity contribution is 0.0693. The first-order chi connectivity index (χ1) is 8.87. The van der Waals surface area contributed by atoms with E-state index in [1.165, 1.54) is 6.07 Å². The van der Waals surface area contributed by atoms with E-state index < -0.39 is 11.8 Å². The second-order valence-electron chi connectivity index (χ2n) is 5.23. The molecular formula is C14H20FNO3. The number of ether oxygens (including phenoxy) is 1. The van der Waals surface area contributed by atoms with Gasteiger partial charge in [-0.15, -0.1) is 0 Å². The number of carbonyl (C=O) groups is 1. The minimum atomic E-state index is -1.27. The third kappa shape index (κ3) is 4.52. The molecule has 0 aliphatic rings. The van der Waals surface area contributed by atoms with E-state index in [9.17, 15) is 9.18 Å². The fraction of sp³-hybridized carbons (Fsp3) is 0.500. The fourth-order valence-electron chi connectivity index (χ4n) is 1.69. The Hall–Kier alpha value is -1.62. The van der Waals surface area contributed by atoms with Gasteiger partial charge in [0.1, 0.15) is 11.4 Å². The highest BCUT2D eigenvalue weighted by molar-refractivity contribution is 5.94. The number of carboxylic acid groups (broad SMARTS) is 1. The molecule has 19 heavy (non-hydrogen) atoms. The molecule has 0 fully saturated rings. The zero-order valence-electron chi connectivity index (χ0n) is 11.5. The Bertz CT molecular complexity index is 446. The van der Waals surface area contributed by atoms with Gasteiger partial charge in [-0.2, -0.15) is 0 Å². The maximum absolute atomic E-state index is 13.5. The number of carboxylic acids is 1. The Balaban J connectivity index is 2.78. The Morgan fingerprint density at radius 3 is 2.74 bits per heavy atom. The second-order valence-corrected chi connectivity index (χ2v) is 5.23. The molecule has 0 aromatic heterocycles. The molecule has 4 nitrogen and oxygen atoms in total. The Morgan fingerprint density at radius 1 is 1.47 bits per heavy atom. The monoisotopic (exact) mass is 269 g/mol. The van der Waals surface area contributed by atoms with Crippen molar-refractivity contribution < 1.29 is 19.0 Å². The number of nitrogens with one attached hydrogen (secondary N) is 1. The van der Waals surface area contributed by atoms with Crippen LogP contribution in [0.1, 0.15) is 30.6 Å². The number of halogens is 1. The molecule has 5 heteroatoms. The normalized spacial score (nSPS) is 11.4. The molecule has 0 aliphatic heterocycles. The molecule has 0 spiro atoms. The van der Waals surface area contributed by atoms with Gasteiger partial charge in [0.2, 0.25) is 0 Å². The summed E-state index contributed by atoms with van der Waals surface area (Å²) < 4.78 is 18.5. The van der Waals surface area contributed by atoms with Crippen molar-refractivity contribution in [3.63, 3.8) is 0 Å². The molecule has 0 saturated heterocycles. The van der Waals surface area contributed by atoms with E-state index in [0.29, 0.717) is 18.8 Å². The molecule has 0 heterocycles. The zero-order chi connectivity index (χ0) is 14.5. The third-order valence-electron chi connectivity index (χ3n) is 2.97. The molecule has 0 atom stereocenters. The topological polar surface area (TPSA) is 58.6 Å². The van der Waals surface area contributed by atoms with Crippen LogP contribution in [0.2, 0.25) is 0 Å². The van der Waals surface area contributed by atoms with Gasteiger partial charge >= 0.3 is 5.97 Å². The summed E-state index contributed by atoms with van der Waals surface area (Å²) in [5.74, 6) is -2.00. The molecule has 1 aromatic carbocycles.